The van der Waals surface area contributed by atoms with E-state index >= 15 is 0 Å². The van der Waals surface area contributed by atoms with Crippen LogP contribution < -0.4 is 10.6 Å². The molecule has 0 spiro atoms. The number of pyridine rings is 1. The van der Waals surface area contributed by atoms with Gasteiger partial charge in [0.05, 0.1) is 12.6 Å². The van der Waals surface area contributed by atoms with Gasteiger partial charge in [-0.3, -0.25) is 4.79 Å². The van der Waals surface area contributed by atoms with Crippen LogP contribution in [0.4, 0.5) is 5.82 Å². The molecule has 1 rings (SSSR count). The lowest BCUT2D eigenvalue weighted by Gasteiger charge is -2.22. The number of hydrogen-bond acceptors (Lipinski definition) is 4. The SMILES string of the molecule is CCCNc1cccc(C(=O)NC(COCC)C(C)C)n1. The molecule has 0 bridgehead atoms. The van der Waals surface area contributed by atoms with Crippen molar-refractivity contribution in [2.75, 3.05) is 25.1 Å². The molecule has 0 saturated heterocycles. The first kappa shape index (κ1) is 17.4. The second kappa shape index (κ2) is 9.34. The minimum atomic E-state index is -0.159. The zero-order valence-electron chi connectivity index (χ0n) is 13.5. The molecule has 1 unspecified atom stereocenters. The molecular weight excluding hydrogens is 266 g/mol. The molecule has 1 heterocycles. The molecule has 5 heteroatoms. The quantitative estimate of drug-likeness (QED) is 0.735. The number of amides is 1. The molecule has 118 valence electrons. The number of carbonyl (C=O) groups excluding carboxylic acids is 1. The Morgan fingerprint density at radius 2 is 2.10 bits per heavy atom. The number of nitrogens with one attached hydrogen (secondary N) is 2. The van der Waals surface area contributed by atoms with E-state index in [1.165, 1.54) is 0 Å². The Labute approximate surface area is 127 Å². The van der Waals surface area contributed by atoms with Crippen molar-refractivity contribution < 1.29 is 9.53 Å². The highest BCUT2D eigenvalue weighted by Crippen LogP contribution is 2.07. The molecule has 0 aliphatic rings. The monoisotopic (exact) mass is 293 g/mol. The third-order valence-corrected chi connectivity index (χ3v) is 3.16. The second-order valence-corrected chi connectivity index (χ2v) is 5.32. The molecule has 1 aromatic heterocycles. The van der Waals surface area contributed by atoms with Crippen molar-refractivity contribution in [1.29, 1.82) is 0 Å². The summed E-state index contributed by atoms with van der Waals surface area (Å²) in [6, 6.07) is 5.43. The fourth-order valence-corrected chi connectivity index (χ4v) is 1.80. The van der Waals surface area contributed by atoms with Crippen molar-refractivity contribution in [3.63, 3.8) is 0 Å². The molecule has 0 aliphatic heterocycles. The molecule has 1 aromatic rings. The summed E-state index contributed by atoms with van der Waals surface area (Å²) in [6.07, 6.45) is 1.02. The summed E-state index contributed by atoms with van der Waals surface area (Å²) in [6.45, 7) is 10.2. The Hall–Kier alpha value is -1.62. The van der Waals surface area contributed by atoms with E-state index in [1.807, 2.05) is 19.1 Å². The van der Waals surface area contributed by atoms with E-state index in [9.17, 15) is 4.79 Å². The molecule has 1 atom stereocenters. The first-order valence-corrected chi connectivity index (χ1v) is 7.68. The van der Waals surface area contributed by atoms with E-state index in [-0.39, 0.29) is 11.9 Å². The summed E-state index contributed by atoms with van der Waals surface area (Å²) >= 11 is 0. The maximum atomic E-state index is 12.3. The van der Waals surface area contributed by atoms with Gasteiger partial charge in [0.2, 0.25) is 0 Å². The number of anilines is 1. The number of carbonyl (C=O) groups is 1. The van der Waals surface area contributed by atoms with Gasteiger partial charge in [0.25, 0.3) is 5.91 Å². The Bertz CT molecular complexity index is 435. The summed E-state index contributed by atoms with van der Waals surface area (Å²) in [5.74, 6) is 0.880. The van der Waals surface area contributed by atoms with E-state index in [0.29, 0.717) is 24.8 Å². The highest BCUT2D eigenvalue weighted by atomic mass is 16.5. The maximum Gasteiger partial charge on any atom is 0.270 e. The molecule has 1 amide bonds. The zero-order chi connectivity index (χ0) is 15.7. The first-order chi connectivity index (χ1) is 10.1. The lowest BCUT2D eigenvalue weighted by molar-refractivity contribution is 0.0802. The molecule has 0 saturated carbocycles. The van der Waals surface area contributed by atoms with E-state index < -0.39 is 0 Å². The van der Waals surface area contributed by atoms with Gasteiger partial charge < -0.3 is 15.4 Å². The van der Waals surface area contributed by atoms with Gasteiger partial charge in [-0.05, 0) is 31.4 Å². The smallest absolute Gasteiger partial charge is 0.270 e. The molecule has 0 fully saturated rings. The minimum absolute atomic E-state index is 0.00786. The van der Waals surface area contributed by atoms with Crippen molar-refractivity contribution in [3.8, 4) is 0 Å². The summed E-state index contributed by atoms with van der Waals surface area (Å²) in [7, 11) is 0. The van der Waals surface area contributed by atoms with Gasteiger partial charge in [-0.1, -0.05) is 26.8 Å². The van der Waals surface area contributed by atoms with Crippen molar-refractivity contribution in [2.45, 2.75) is 40.2 Å². The molecule has 21 heavy (non-hydrogen) atoms. The van der Waals surface area contributed by atoms with Crippen LogP contribution in [0, 0.1) is 5.92 Å². The average molecular weight is 293 g/mol. The minimum Gasteiger partial charge on any atom is -0.380 e. The molecule has 0 radical (unpaired) electrons. The highest BCUT2D eigenvalue weighted by molar-refractivity contribution is 5.92. The molecule has 0 aromatic carbocycles. The van der Waals surface area contributed by atoms with Crippen molar-refractivity contribution >= 4 is 11.7 Å². The third kappa shape index (κ3) is 6.12. The fourth-order valence-electron chi connectivity index (χ4n) is 1.80. The van der Waals surface area contributed by atoms with Gasteiger partial charge in [0, 0.05) is 13.2 Å². The van der Waals surface area contributed by atoms with E-state index in [4.69, 9.17) is 4.74 Å². The normalized spacial score (nSPS) is 12.2. The van der Waals surface area contributed by atoms with Crippen LogP contribution in [0.25, 0.3) is 0 Å². The van der Waals surface area contributed by atoms with Gasteiger partial charge >= 0.3 is 0 Å². The Kier molecular flexibility index (Phi) is 7.75. The zero-order valence-corrected chi connectivity index (χ0v) is 13.5. The summed E-state index contributed by atoms with van der Waals surface area (Å²) in [5.41, 5.74) is 0.429. The number of aromatic nitrogens is 1. The number of hydrogen-bond donors (Lipinski definition) is 2. The standard InChI is InChI=1S/C16H27N3O2/c1-5-10-17-15-9-7-8-13(18-15)16(20)19-14(12(3)4)11-21-6-2/h7-9,12,14H,5-6,10-11H2,1-4H3,(H,17,18)(H,19,20). The second-order valence-electron chi connectivity index (χ2n) is 5.32. The van der Waals surface area contributed by atoms with Crippen molar-refractivity contribution in [2.24, 2.45) is 5.92 Å². The maximum absolute atomic E-state index is 12.3. The van der Waals surface area contributed by atoms with Gasteiger partial charge in [0.15, 0.2) is 0 Å². The van der Waals surface area contributed by atoms with Crippen molar-refractivity contribution in [3.05, 3.63) is 23.9 Å². The van der Waals surface area contributed by atoms with Crippen LogP contribution >= 0.6 is 0 Å². The lowest BCUT2D eigenvalue weighted by Crippen LogP contribution is -2.42. The summed E-state index contributed by atoms with van der Waals surface area (Å²) in [4.78, 5) is 16.6. The predicted molar refractivity (Wildman–Crippen MR) is 85.6 cm³/mol. The fraction of sp³-hybridized carbons (Fsp3) is 0.625. The van der Waals surface area contributed by atoms with Gasteiger partial charge in [0.1, 0.15) is 11.5 Å². The Balaban J connectivity index is 2.68. The van der Waals surface area contributed by atoms with Crippen LogP contribution in [0.15, 0.2) is 18.2 Å². The van der Waals surface area contributed by atoms with Crippen LogP contribution in [-0.2, 0) is 4.74 Å². The van der Waals surface area contributed by atoms with Gasteiger partial charge in [-0.15, -0.1) is 0 Å². The number of rotatable bonds is 9. The first-order valence-electron chi connectivity index (χ1n) is 7.68. The highest BCUT2D eigenvalue weighted by Gasteiger charge is 2.18. The topological polar surface area (TPSA) is 63.2 Å². The number of nitrogens with zero attached hydrogens (tertiary/aromatic N) is 1. The molecule has 0 aliphatic carbocycles. The van der Waals surface area contributed by atoms with Crippen LogP contribution in [0.2, 0.25) is 0 Å². The number of ether oxygens (including phenoxy) is 1. The van der Waals surface area contributed by atoms with E-state index in [1.54, 1.807) is 6.07 Å². The molecule has 5 nitrogen and oxygen atoms in total. The Morgan fingerprint density at radius 3 is 2.71 bits per heavy atom. The van der Waals surface area contributed by atoms with E-state index in [0.717, 1.165) is 18.8 Å². The van der Waals surface area contributed by atoms with Crippen LogP contribution in [0.1, 0.15) is 44.6 Å². The average Bonchev–Trinajstić information content (AvgIpc) is 2.49. The molecule has 2 N–H and O–H groups in total. The van der Waals surface area contributed by atoms with Gasteiger partial charge in [-0.25, -0.2) is 4.98 Å². The predicted octanol–water partition coefficient (Wildman–Crippen LogP) is 2.69. The Morgan fingerprint density at radius 1 is 1.33 bits per heavy atom. The van der Waals surface area contributed by atoms with Crippen LogP contribution in [0.3, 0.4) is 0 Å². The van der Waals surface area contributed by atoms with Crippen LogP contribution in [-0.4, -0.2) is 36.7 Å². The third-order valence-electron chi connectivity index (χ3n) is 3.16. The van der Waals surface area contributed by atoms with Gasteiger partial charge in [-0.2, -0.15) is 0 Å². The van der Waals surface area contributed by atoms with Crippen molar-refractivity contribution in [1.82, 2.24) is 10.3 Å². The lowest BCUT2D eigenvalue weighted by atomic mass is 10.1. The van der Waals surface area contributed by atoms with E-state index in [2.05, 4.69) is 36.4 Å². The summed E-state index contributed by atoms with van der Waals surface area (Å²) in [5, 5.41) is 6.18. The summed E-state index contributed by atoms with van der Waals surface area (Å²) < 4.78 is 5.42. The molecular formula is C16H27N3O2. The largest absolute Gasteiger partial charge is 0.380 e. The van der Waals surface area contributed by atoms with Crippen LogP contribution in [0.5, 0.6) is 0 Å².